The molecule has 0 atom stereocenters. The first-order valence-corrected chi connectivity index (χ1v) is 7.92. The summed E-state index contributed by atoms with van der Waals surface area (Å²) in [7, 11) is 0. The standard InChI is InChI=1S/C12H10Cl2N4O2.C2HF3O2/c13-8-3-5-1-7(2-6(5)4-9(8)14)15-11-10(12(19)20)16-18-17-11;3-2(4,5)1(6)7/h3-4,7H,1-2H2,(H,19,20)(H2,15,16,17,18);(H,6,7). The predicted octanol–water partition coefficient (Wildman–Crippen LogP) is 3.02. The Kier molecular flexibility index (Phi) is 6.16. The maximum Gasteiger partial charge on any atom is 0.490 e. The minimum absolute atomic E-state index is 0.0442. The van der Waals surface area contributed by atoms with Gasteiger partial charge in [0.05, 0.1) is 10.0 Å². The van der Waals surface area contributed by atoms with Crippen LogP contribution in [0.1, 0.15) is 21.6 Å². The Hall–Kier alpha value is -2.53. The van der Waals surface area contributed by atoms with Crippen LogP contribution >= 0.6 is 23.2 Å². The highest BCUT2D eigenvalue weighted by atomic mass is 35.5. The molecule has 0 aliphatic heterocycles. The second-order valence-corrected chi connectivity index (χ2v) is 6.24. The molecule has 0 radical (unpaired) electrons. The molecule has 1 heterocycles. The molecular formula is C14H11Cl2F3N4O4. The summed E-state index contributed by atoms with van der Waals surface area (Å²) < 4.78 is 31.7. The van der Waals surface area contributed by atoms with Crippen LogP contribution in [0.15, 0.2) is 12.1 Å². The van der Waals surface area contributed by atoms with Gasteiger partial charge in [-0.25, -0.2) is 14.7 Å². The van der Waals surface area contributed by atoms with Gasteiger partial charge in [0.25, 0.3) is 0 Å². The molecule has 13 heteroatoms. The molecule has 0 saturated heterocycles. The number of carboxylic acids is 2. The number of halogens is 5. The molecule has 0 bridgehead atoms. The molecule has 0 fully saturated rings. The van der Waals surface area contributed by atoms with E-state index in [1.807, 2.05) is 12.1 Å². The van der Waals surface area contributed by atoms with Crippen molar-refractivity contribution in [2.75, 3.05) is 5.32 Å². The predicted molar refractivity (Wildman–Crippen MR) is 88.3 cm³/mol. The van der Waals surface area contributed by atoms with Crippen LogP contribution in [0.5, 0.6) is 0 Å². The Balaban J connectivity index is 0.000000321. The number of rotatable bonds is 3. The van der Waals surface area contributed by atoms with Crippen molar-refractivity contribution in [2.45, 2.75) is 25.1 Å². The van der Waals surface area contributed by atoms with Gasteiger partial charge in [-0.05, 0) is 36.1 Å². The Labute approximate surface area is 159 Å². The van der Waals surface area contributed by atoms with Gasteiger partial charge in [0.15, 0.2) is 11.5 Å². The number of H-pyrrole nitrogens is 1. The lowest BCUT2D eigenvalue weighted by atomic mass is 10.1. The first-order valence-electron chi connectivity index (χ1n) is 7.16. The summed E-state index contributed by atoms with van der Waals surface area (Å²) in [6.45, 7) is 0. The number of aromatic carboxylic acids is 1. The van der Waals surface area contributed by atoms with Crippen LogP contribution in [0.3, 0.4) is 0 Å². The van der Waals surface area contributed by atoms with Crippen LogP contribution in [0.4, 0.5) is 19.0 Å². The van der Waals surface area contributed by atoms with E-state index in [-0.39, 0.29) is 17.6 Å². The van der Waals surface area contributed by atoms with E-state index in [9.17, 15) is 18.0 Å². The lowest BCUT2D eigenvalue weighted by Gasteiger charge is -2.10. The van der Waals surface area contributed by atoms with Gasteiger partial charge in [-0.1, -0.05) is 28.4 Å². The van der Waals surface area contributed by atoms with E-state index >= 15 is 0 Å². The number of aromatic nitrogens is 3. The van der Waals surface area contributed by atoms with Gasteiger partial charge >= 0.3 is 18.1 Å². The van der Waals surface area contributed by atoms with Crippen molar-refractivity contribution in [1.82, 2.24) is 15.4 Å². The van der Waals surface area contributed by atoms with Gasteiger partial charge in [0.2, 0.25) is 0 Å². The summed E-state index contributed by atoms with van der Waals surface area (Å²) in [5.74, 6) is -3.61. The van der Waals surface area contributed by atoms with Crippen molar-refractivity contribution in [3.63, 3.8) is 0 Å². The fourth-order valence-electron chi connectivity index (χ4n) is 2.39. The fourth-order valence-corrected chi connectivity index (χ4v) is 2.76. The number of benzene rings is 1. The zero-order valence-corrected chi connectivity index (χ0v) is 14.7. The number of alkyl halides is 3. The quantitative estimate of drug-likeness (QED) is 0.593. The molecule has 0 amide bonds. The average molecular weight is 427 g/mol. The van der Waals surface area contributed by atoms with Crippen LogP contribution in [0.2, 0.25) is 10.0 Å². The van der Waals surface area contributed by atoms with Crippen molar-refractivity contribution >= 4 is 41.0 Å². The number of hydrogen-bond acceptors (Lipinski definition) is 5. The third-order valence-electron chi connectivity index (χ3n) is 3.52. The molecule has 8 nitrogen and oxygen atoms in total. The van der Waals surface area contributed by atoms with Gasteiger partial charge < -0.3 is 15.5 Å². The van der Waals surface area contributed by atoms with E-state index in [1.54, 1.807) is 0 Å². The zero-order valence-electron chi connectivity index (χ0n) is 13.1. The maximum atomic E-state index is 11.0. The Bertz CT molecular complexity index is 842. The van der Waals surface area contributed by atoms with E-state index in [0.717, 1.165) is 24.0 Å². The first-order chi connectivity index (χ1) is 12.5. The number of carboxylic acid groups (broad SMARTS) is 2. The molecule has 27 heavy (non-hydrogen) atoms. The molecule has 1 aromatic carbocycles. The largest absolute Gasteiger partial charge is 0.490 e. The molecule has 1 aliphatic carbocycles. The smallest absolute Gasteiger partial charge is 0.476 e. The molecule has 0 unspecified atom stereocenters. The van der Waals surface area contributed by atoms with Crippen molar-refractivity contribution in [3.8, 4) is 0 Å². The third kappa shape index (κ3) is 5.23. The van der Waals surface area contributed by atoms with E-state index in [4.69, 9.17) is 38.2 Å². The summed E-state index contributed by atoms with van der Waals surface area (Å²) >= 11 is 12.0. The highest BCUT2D eigenvalue weighted by Gasteiger charge is 2.38. The average Bonchev–Trinajstić information content (AvgIpc) is 3.14. The zero-order chi connectivity index (χ0) is 20.4. The molecule has 0 spiro atoms. The molecule has 146 valence electrons. The number of aliphatic carboxylic acids is 1. The third-order valence-corrected chi connectivity index (χ3v) is 4.24. The molecular weight excluding hydrogens is 416 g/mol. The van der Waals surface area contributed by atoms with Crippen molar-refractivity contribution in [2.24, 2.45) is 0 Å². The minimum atomic E-state index is -5.08. The summed E-state index contributed by atoms with van der Waals surface area (Å²) in [5, 5.41) is 29.9. The van der Waals surface area contributed by atoms with E-state index < -0.39 is 18.1 Å². The number of anilines is 1. The minimum Gasteiger partial charge on any atom is -0.476 e. The molecule has 1 aliphatic rings. The SMILES string of the molecule is O=C(O)C(F)(F)F.O=C(O)c1[nH]nnc1NC1Cc2cc(Cl)c(Cl)cc2C1. The monoisotopic (exact) mass is 426 g/mol. The Morgan fingerprint density at radius 1 is 1.15 bits per heavy atom. The van der Waals surface area contributed by atoms with E-state index in [1.165, 1.54) is 0 Å². The number of aromatic amines is 1. The summed E-state index contributed by atoms with van der Waals surface area (Å²) in [6, 6.07) is 3.74. The summed E-state index contributed by atoms with van der Waals surface area (Å²) in [4.78, 5) is 19.9. The normalized spacial score (nSPS) is 13.5. The number of nitrogens with one attached hydrogen (secondary N) is 2. The van der Waals surface area contributed by atoms with Crippen molar-refractivity contribution < 1.29 is 33.0 Å². The molecule has 2 aromatic rings. The van der Waals surface area contributed by atoms with Crippen LogP contribution in [0, 0.1) is 0 Å². The van der Waals surface area contributed by atoms with Crippen molar-refractivity contribution in [3.05, 3.63) is 39.0 Å². The molecule has 4 N–H and O–H groups in total. The number of fused-ring (bicyclic) bond motifs is 1. The topological polar surface area (TPSA) is 128 Å². The Morgan fingerprint density at radius 3 is 2.04 bits per heavy atom. The fraction of sp³-hybridized carbons (Fsp3) is 0.286. The lowest BCUT2D eigenvalue weighted by Crippen LogP contribution is -2.21. The van der Waals surface area contributed by atoms with Crippen molar-refractivity contribution in [1.29, 1.82) is 0 Å². The number of hydrogen-bond donors (Lipinski definition) is 4. The Morgan fingerprint density at radius 2 is 1.63 bits per heavy atom. The van der Waals surface area contributed by atoms with Gasteiger partial charge in [0, 0.05) is 6.04 Å². The molecule has 0 saturated carbocycles. The highest BCUT2D eigenvalue weighted by molar-refractivity contribution is 6.42. The lowest BCUT2D eigenvalue weighted by molar-refractivity contribution is -0.192. The summed E-state index contributed by atoms with van der Waals surface area (Å²) in [5.41, 5.74) is 2.17. The molecule has 3 rings (SSSR count). The molecule has 1 aromatic heterocycles. The number of carbonyl (C=O) groups is 2. The second kappa shape index (κ2) is 8.01. The van der Waals surface area contributed by atoms with Gasteiger partial charge in [-0.2, -0.15) is 13.2 Å². The number of nitrogens with zero attached hydrogens (tertiary/aromatic N) is 2. The van der Waals surface area contributed by atoms with Gasteiger partial charge in [0.1, 0.15) is 0 Å². The van der Waals surface area contributed by atoms with E-state index in [2.05, 4.69) is 20.7 Å². The van der Waals surface area contributed by atoms with Gasteiger partial charge in [-0.15, -0.1) is 5.10 Å². The van der Waals surface area contributed by atoms with Crippen LogP contribution in [0.25, 0.3) is 0 Å². The first kappa shape index (κ1) is 20.8. The van der Waals surface area contributed by atoms with E-state index in [0.29, 0.717) is 10.0 Å². The van der Waals surface area contributed by atoms with Gasteiger partial charge in [-0.3, -0.25) is 0 Å². The summed E-state index contributed by atoms with van der Waals surface area (Å²) in [6.07, 6.45) is -3.61. The maximum absolute atomic E-state index is 11.0. The van der Waals surface area contributed by atoms with Crippen LogP contribution in [-0.4, -0.2) is 49.8 Å². The van der Waals surface area contributed by atoms with Crippen LogP contribution < -0.4 is 5.32 Å². The highest BCUT2D eigenvalue weighted by Crippen LogP contribution is 2.32. The second-order valence-electron chi connectivity index (χ2n) is 5.43. The van der Waals surface area contributed by atoms with Crippen LogP contribution in [-0.2, 0) is 17.6 Å².